The van der Waals surface area contributed by atoms with E-state index in [1.165, 1.54) is 23.5 Å². The predicted octanol–water partition coefficient (Wildman–Crippen LogP) is 1.90. The van der Waals surface area contributed by atoms with Crippen LogP contribution in [0.1, 0.15) is 47.2 Å². The van der Waals surface area contributed by atoms with Gasteiger partial charge in [0.05, 0.1) is 25.4 Å². The molecule has 3 atom stereocenters. The molecule has 2 aromatic heterocycles. The van der Waals surface area contributed by atoms with Gasteiger partial charge < -0.3 is 19.6 Å². The first-order chi connectivity index (χ1) is 15.3. The molecule has 0 spiro atoms. The number of aliphatic hydroxyl groups is 1. The molecule has 1 aliphatic rings. The zero-order valence-electron chi connectivity index (χ0n) is 18.8. The third kappa shape index (κ3) is 5.11. The van der Waals surface area contributed by atoms with Gasteiger partial charge >= 0.3 is 0 Å². The van der Waals surface area contributed by atoms with Gasteiger partial charge in [0, 0.05) is 38.1 Å². The summed E-state index contributed by atoms with van der Waals surface area (Å²) in [6.07, 6.45) is 9.33. The molecule has 0 aliphatic carbocycles. The van der Waals surface area contributed by atoms with Crippen molar-refractivity contribution >= 4 is 17.9 Å². The highest BCUT2D eigenvalue weighted by molar-refractivity contribution is 5.97. The standard InChI is InChI=1S/C23H29N5O4/c1-5-6-17-9-18-21(26-10-17)32-20(15(2)12-28(22(18)30)16(3)14-29)13-27(4)23(31)19-11-24-7-8-25-19/h5-11,15-16,20,29H,12-14H2,1-4H3/t15-,16-,20+/m1/s1. The molecule has 0 unspecified atom stereocenters. The molecule has 9 nitrogen and oxygen atoms in total. The molecule has 2 aromatic rings. The van der Waals surface area contributed by atoms with Crippen LogP contribution in [0.25, 0.3) is 6.08 Å². The largest absolute Gasteiger partial charge is 0.472 e. The number of hydrogen-bond donors (Lipinski definition) is 1. The van der Waals surface area contributed by atoms with E-state index in [4.69, 9.17) is 4.74 Å². The second-order valence-corrected chi connectivity index (χ2v) is 8.02. The second-order valence-electron chi connectivity index (χ2n) is 8.02. The fraction of sp³-hybridized carbons (Fsp3) is 0.435. The van der Waals surface area contributed by atoms with Crippen LogP contribution in [-0.4, -0.2) is 80.6 Å². The van der Waals surface area contributed by atoms with E-state index in [0.29, 0.717) is 12.1 Å². The molecule has 32 heavy (non-hydrogen) atoms. The number of aliphatic hydroxyl groups excluding tert-OH is 1. The topological polar surface area (TPSA) is 109 Å². The maximum Gasteiger partial charge on any atom is 0.273 e. The molecule has 9 heteroatoms. The second kappa shape index (κ2) is 10.3. The minimum absolute atomic E-state index is 0.129. The lowest BCUT2D eigenvalue weighted by Crippen LogP contribution is -2.50. The van der Waals surface area contributed by atoms with Crippen molar-refractivity contribution in [2.24, 2.45) is 5.92 Å². The molecule has 170 valence electrons. The first kappa shape index (κ1) is 23.3. The van der Waals surface area contributed by atoms with Crippen molar-refractivity contribution in [2.75, 3.05) is 26.7 Å². The Morgan fingerprint density at radius 1 is 1.38 bits per heavy atom. The number of ether oxygens (including phenoxy) is 1. The van der Waals surface area contributed by atoms with Crippen LogP contribution in [0.15, 0.2) is 36.9 Å². The van der Waals surface area contributed by atoms with Gasteiger partial charge in [0.25, 0.3) is 11.8 Å². The lowest BCUT2D eigenvalue weighted by Gasteiger charge is -2.37. The summed E-state index contributed by atoms with van der Waals surface area (Å²) in [4.78, 5) is 41.7. The van der Waals surface area contributed by atoms with E-state index in [1.807, 2.05) is 26.0 Å². The number of rotatable bonds is 6. The van der Waals surface area contributed by atoms with Crippen molar-refractivity contribution in [3.8, 4) is 5.88 Å². The van der Waals surface area contributed by atoms with Gasteiger partial charge in [-0.25, -0.2) is 9.97 Å². The number of pyridine rings is 1. The number of carbonyl (C=O) groups is 2. The van der Waals surface area contributed by atoms with Crippen LogP contribution < -0.4 is 4.74 Å². The van der Waals surface area contributed by atoms with Crippen molar-refractivity contribution in [3.63, 3.8) is 0 Å². The van der Waals surface area contributed by atoms with Gasteiger partial charge in [-0.05, 0) is 25.5 Å². The number of fused-ring (bicyclic) bond motifs is 1. The van der Waals surface area contributed by atoms with Gasteiger partial charge in [0.1, 0.15) is 17.4 Å². The summed E-state index contributed by atoms with van der Waals surface area (Å²) >= 11 is 0. The van der Waals surface area contributed by atoms with Crippen LogP contribution >= 0.6 is 0 Å². The van der Waals surface area contributed by atoms with Crippen LogP contribution in [0.4, 0.5) is 0 Å². The Kier molecular flexibility index (Phi) is 7.53. The summed E-state index contributed by atoms with van der Waals surface area (Å²) in [5.41, 5.74) is 1.36. The lowest BCUT2D eigenvalue weighted by molar-refractivity contribution is 0.0312. The Morgan fingerprint density at radius 3 is 2.81 bits per heavy atom. The van der Waals surface area contributed by atoms with E-state index in [9.17, 15) is 14.7 Å². The van der Waals surface area contributed by atoms with Crippen molar-refractivity contribution in [2.45, 2.75) is 32.9 Å². The quantitative estimate of drug-likeness (QED) is 0.732. The van der Waals surface area contributed by atoms with Crippen LogP contribution in [0.5, 0.6) is 5.88 Å². The monoisotopic (exact) mass is 439 g/mol. The summed E-state index contributed by atoms with van der Waals surface area (Å²) in [5, 5.41) is 9.73. The van der Waals surface area contributed by atoms with Crippen LogP contribution in [0, 0.1) is 5.92 Å². The van der Waals surface area contributed by atoms with Gasteiger partial charge in [-0.2, -0.15) is 0 Å². The molecule has 1 aliphatic heterocycles. The summed E-state index contributed by atoms with van der Waals surface area (Å²) in [5.74, 6) is -0.426. The maximum atomic E-state index is 13.3. The van der Waals surface area contributed by atoms with Crippen molar-refractivity contribution in [3.05, 3.63) is 53.8 Å². The van der Waals surface area contributed by atoms with Crippen molar-refractivity contribution in [1.29, 1.82) is 0 Å². The maximum absolute atomic E-state index is 13.3. The number of nitrogens with zero attached hydrogens (tertiary/aromatic N) is 5. The van der Waals surface area contributed by atoms with Gasteiger partial charge in [0.2, 0.25) is 5.88 Å². The van der Waals surface area contributed by atoms with Crippen LogP contribution in [0.3, 0.4) is 0 Å². The Hall–Kier alpha value is -3.33. The molecule has 0 saturated heterocycles. The average Bonchev–Trinajstić information content (AvgIpc) is 2.81. The molecule has 3 heterocycles. The number of amides is 2. The molecular weight excluding hydrogens is 410 g/mol. The molecule has 0 bridgehead atoms. The SMILES string of the molecule is CC=Cc1cnc2c(c1)C(=O)N([C@H](C)CO)C[C@@H](C)[C@H](CN(C)C(=O)c1cnccn1)O2. The summed E-state index contributed by atoms with van der Waals surface area (Å²) in [6, 6.07) is 1.37. The Morgan fingerprint density at radius 2 is 2.16 bits per heavy atom. The van der Waals surface area contributed by atoms with E-state index in [1.54, 1.807) is 31.1 Å². The fourth-order valence-electron chi connectivity index (χ4n) is 3.58. The zero-order valence-corrected chi connectivity index (χ0v) is 18.8. The summed E-state index contributed by atoms with van der Waals surface area (Å²) in [7, 11) is 1.68. The number of carbonyl (C=O) groups excluding carboxylic acids is 2. The number of allylic oxidation sites excluding steroid dienone is 1. The summed E-state index contributed by atoms with van der Waals surface area (Å²) in [6.45, 7) is 6.11. The summed E-state index contributed by atoms with van der Waals surface area (Å²) < 4.78 is 6.20. The fourth-order valence-corrected chi connectivity index (χ4v) is 3.58. The minimum atomic E-state index is -0.430. The van der Waals surface area contributed by atoms with Crippen molar-refractivity contribution < 1.29 is 19.4 Å². The first-order valence-corrected chi connectivity index (χ1v) is 10.6. The molecule has 0 fully saturated rings. The molecule has 2 amide bonds. The number of hydrogen-bond acceptors (Lipinski definition) is 7. The molecule has 1 N–H and O–H groups in total. The molecule has 0 radical (unpaired) electrons. The molecular formula is C23H29N5O4. The van der Waals surface area contributed by atoms with Crippen molar-refractivity contribution in [1.82, 2.24) is 24.8 Å². The van der Waals surface area contributed by atoms with E-state index in [2.05, 4.69) is 15.0 Å². The molecule has 3 rings (SSSR count). The molecule has 0 aromatic carbocycles. The zero-order chi connectivity index (χ0) is 23.3. The van der Waals surface area contributed by atoms with E-state index in [0.717, 1.165) is 5.56 Å². The van der Waals surface area contributed by atoms with Gasteiger partial charge in [-0.3, -0.25) is 14.6 Å². The van der Waals surface area contributed by atoms with Crippen LogP contribution in [-0.2, 0) is 0 Å². The normalized spacial score (nSPS) is 19.7. The average molecular weight is 440 g/mol. The van der Waals surface area contributed by atoms with Gasteiger partial charge in [-0.1, -0.05) is 19.1 Å². The third-order valence-corrected chi connectivity index (χ3v) is 5.48. The lowest BCUT2D eigenvalue weighted by atomic mass is 9.99. The highest BCUT2D eigenvalue weighted by Crippen LogP contribution is 2.27. The smallest absolute Gasteiger partial charge is 0.273 e. The minimum Gasteiger partial charge on any atom is -0.472 e. The van der Waals surface area contributed by atoms with Gasteiger partial charge in [0.15, 0.2) is 0 Å². The number of aromatic nitrogens is 3. The Balaban J connectivity index is 1.93. The van der Waals surface area contributed by atoms with Gasteiger partial charge in [-0.15, -0.1) is 0 Å². The van der Waals surface area contributed by atoms with Crippen LogP contribution in [0.2, 0.25) is 0 Å². The van der Waals surface area contributed by atoms with E-state index >= 15 is 0 Å². The first-order valence-electron chi connectivity index (χ1n) is 10.6. The Labute approximate surface area is 187 Å². The van der Waals surface area contributed by atoms with E-state index < -0.39 is 6.10 Å². The van der Waals surface area contributed by atoms with E-state index in [-0.39, 0.29) is 48.5 Å². The highest BCUT2D eigenvalue weighted by atomic mass is 16.5. The number of likely N-dealkylation sites (N-methyl/N-ethyl adjacent to an activating group) is 1. The predicted molar refractivity (Wildman–Crippen MR) is 119 cm³/mol. The molecule has 0 saturated carbocycles. The highest BCUT2D eigenvalue weighted by Gasteiger charge is 2.34. The Bertz CT molecular complexity index is 982. The third-order valence-electron chi connectivity index (χ3n) is 5.48.